The highest BCUT2D eigenvalue weighted by Gasteiger charge is 2.37. The van der Waals surface area contributed by atoms with Crippen LogP contribution < -0.4 is 0 Å². The Kier molecular flexibility index (Phi) is 5.70. The van der Waals surface area contributed by atoms with Crippen LogP contribution in [0.3, 0.4) is 0 Å². The Morgan fingerprint density at radius 3 is 1.29 bits per heavy atom. The lowest BCUT2D eigenvalue weighted by Gasteiger charge is -2.39. The van der Waals surface area contributed by atoms with Crippen LogP contribution in [0.25, 0.3) is 0 Å². The van der Waals surface area contributed by atoms with Gasteiger partial charge in [-0.3, -0.25) is 0 Å². The molecule has 0 unspecified atom stereocenters. The van der Waals surface area contributed by atoms with Crippen molar-refractivity contribution in [2.75, 3.05) is 0 Å². The number of phenols is 2. The predicted molar refractivity (Wildman–Crippen MR) is 111 cm³/mol. The van der Waals surface area contributed by atoms with E-state index in [4.69, 9.17) is 0 Å². The van der Waals surface area contributed by atoms with Crippen molar-refractivity contribution in [2.24, 2.45) is 0 Å². The minimum absolute atomic E-state index is 0.129. The Bertz CT molecular complexity index is 677. The molecule has 0 heterocycles. The van der Waals surface area contributed by atoms with Gasteiger partial charge in [0.15, 0.2) is 0 Å². The third kappa shape index (κ3) is 3.31. The molecule has 1 aliphatic carbocycles. The average molecular weight is 584 g/mol. The molecule has 6 heteroatoms. The van der Waals surface area contributed by atoms with Gasteiger partial charge < -0.3 is 10.2 Å². The minimum Gasteiger partial charge on any atom is -0.506 e. The van der Waals surface area contributed by atoms with Crippen LogP contribution in [0.4, 0.5) is 0 Å². The van der Waals surface area contributed by atoms with Crippen molar-refractivity contribution in [1.82, 2.24) is 0 Å². The maximum atomic E-state index is 10.1. The van der Waals surface area contributed by atoms with Gasteiger partial charge in [0, 0.05) is 5.41 Å². The Morgan fingerprint density at radius 1 is 0.625 bits per heavy atom. The number of hydrogen-bond donors (Lipinski definition) is 2. The maximum Gasteiger partial charge on any atom is 0.143 e. The van der Waals surface area contributed by atoms with Crippen molar-refractivity contribution in [2.45, 2.75) is 37.5 Å². The van der Waals surface area contributed by atoms with E-state index in [1.165, 1.54) is 17.5 Å². The zero-order chi connectivity index (χ0) is 17.5. The SMILES string of the molecule is Oc1c(Br)cc(C2(c3cc(Br)c(O)c(Br)c3)CCCCC2)cc1Br. The van der Waals surface area contributed by atoms with Crippen LogP contribution in [-0.2, 0) is 5.41 Å². The first-order chi connectivity index (χ1) is 11.3. The molecule has 0 radical (unpaired) electrons. The second-order valence-electron chi connectivity index (χ2n) is 6.22. The molecule has 2 aromatic rings. The van der Waals surface area contributed by atoms with Crippen LogP contribution in [0.1, 0.15) is 43.2 Å². The molecule has 128 valence electrons. The average Bonchev–Trinajstić information content (AvgIpc) is 2.57. The monoisotopic (exact) mass is 580 g/mol. The maximum absolute atomic E-state index is 10.1. The third-order valence-corrected chi connectivity index (χ3v) is 7.26. The molecule has 0 bridgehead atoms. The first-order valence-electron chi connectivity index (χ1n) is 7.72. The number of aromatic hydroxyl groups is 2. The Labute approximate surface area is 175 Å². The highest BCUT2D eigenvalue weighted by Crippen LogP contribution is 2.50. The summed E-state index contributed by atoms with van der Waals surface area (Å²) in [4.78, 5) is 0. The quantitative estimate of drug-likeness (QED) is 0.387. The van der Waals surface area contributed by atoms with Crippen LogP contribution in [0.15, 0.2) is 42.2 Å². The van der Waals surface area contributed by atoms with Gasteiger partial charge in [0.05, 0.1) is 17.9 Å². The molecule has 1 saturated carbocycles. The fourth-order valence-corrected chi connectivity index (χ4v) is 5.96. The molecule has 2 nitrogen and oxygen atoms in total. The van der Waals surface area contributed by atoms with Crippen molar-refractivity contribution >= 4 is 63.7 Å². The van der Waals surface area contributed by atoms with Gasteiger partial charge in [-0.15, -0.1) is 0 Å². The topological polar surface area (TPSA) is 40.5 Å². The van der Waals surface area contributed by atoms with Gasteiger partial charge in [-0.1, -0.05) is 19.3 Å². The van der Waals surface area contributed by atoms with Crippen LogP contribution in [0.5, 0.6) is 11.5 Å². The molecule has 1 fully saturated rings. The van der Waals surface area contributed by atoms with Gasteiger partial charge >= 0.3 is 0 Å². The van der Waals surface area contributed by atoms with Gasteiger partial charge in [0.2, 0.25) is 0 Å². The highest BCUT2D eigenvalue weighted by molar-refractivity contribution is 9.11. The van der Waals surface area contributed by atoms with Crippen LogP contribution in [0, 0.1) is 0 Å². The zero-order valence-corrected chi connectivity index (χ0v) is 19.1. The summed E-state index contributed by atoms with van der Waals surface area (Å²) in [6.07, 6.45) is 5.64. The van der Waals surface area contributed by atoms with Crippen molar-refractivity contribution in [3.8, 4) is 11.5 Å². The normalized spacial score (nSPS) is 17.0. The molecule has 0 aromatic heterocycles. The summed E-state index contributed by atoms with van der Waals surface area (Å²) >= 11 is 13.8. The van der Waals surface area contributed by atoms with Crippen molar-refractivity contribution < 1.29 is 10.2 Å². The number of rotatable bonds is 2. The number of phenolic OH excluding ortho intramolecular Hbond substituents is 2. The summed E-state index contributed by atoms with van der Waals surface area (Å²) in [6, 6.07) is 8.06. The lowest BCUT2D eigenvalue weighted by atomic mass is 9.65. The molecule has 0 amide bonds. The molecule has 24 heavy (non-hydrogen) atoms. The van der Waals surface area contributed by atoms with Crippen molar-refractivity contribution in [3.63, 3.8) is 0 Å². The van der Waals surface area contributed by atoms with E-state index in [9.17, 15) is 10.2 Å². The fourth-order valence-electron chi connectivity index (χ4n) is 3.58. The van der Waals surface area contributed by atoms with Crippen molar-refractivity contribution in [1.29, 1.82) is 0 Å². The summed E-state index contributed by atoms with van der Waals surface area (Å²) in [5, 5.41) is 20.1. The van der Waals surface area contributed by atoms with Crippen molar-refractivity contribution in [3.05, 3.63) is 53.3 Å². The van der Waals surface area contributed by atoms with Gasteiger partial charge in [-0.05, 0) is 112 Å². The number of hydrogen-bond acceptors (Lipinski definition) is 2. The lowest BCUT2D eigenvalue weighted by Crippen LogP contribution is -2.30. The first kappa shape index (κ1) is 18.7. The summed E-state index contributed by atoms with van der Waals surface area (Å²) in [6.45, 7) is 0. The Balaban J connectivity index is 2.23. The largest absolute Gasteiger partial charge is 0.506 e. The molecule has 1 aliphatic rings. The summed E-state index contributed by atoms with van der Waals surface area (Å²) in [5.41, 5.74) is 2.21. The van der Waals surface area contributed by atoms with E-state index in [0.29, 0.717) is 17.9 Å². The Morgan fingerprint density at radius 2 is 0.958 bits per heavy atom. The molecule has 0 spiro atoms. The van der Waals surface area contributed by atoms with Crippen LogP contribution >= 0.6 is 63.7 Å². The smallest absolute Gasteiger partial charge is 0.143 e. The zero-order valence-electron chi connectivity index (χ0n) is 12.8. The predicted octanol–water partition coefficient (Wildman–Crippen LogP) is 7.40. The van der Waals surface area contributed by atoms with E-state index in [1.807, 2.05) is 24.3 Å². The molecule has 2 N–H and O–H groups in total. The number of halogens is 4. The summed E-state index contributed by atoms with van der Waals surface area (Å²) in [5.74, 6) is 0.440. The fraction of sp³-hybridized carbons (Fsp3) is 0.333. The number of benzene rings is 2. The third-order valence-electron chi connectivity index (χ3n) is 4.85. The minimum atomic E-state index is -0.129. The Hall–Kier alpha value is -0.0400. The second-order valence-corrected chi connectivity index (χ2v) is 9.64. The molecular weight excluding hydrogens is 568 g/mol. The standard InChI is InChI=1S/C18H16Br4O2/c19-12-6-10(7-13(20)16(12)23)18(4-2-1-3-5-18)11-8-14(21)17(24)15(22)9-11/h6-9,23-24H,1-5H2. The molecule has 0 aliphatic heterocycles. The summed E-state index contributed by atoms with van der Waals surface area (Å²) in [7, 11) is 0. The summed E-state index contributed by atoms with van der Waals surface area (Å²) < 4.78 is 2.75. The molecule has 0 saturated heterocycles. The van der Waals surface area contributed by atoms with E-state index in [2.05, 4.69) is 63.7 Å². The van der Waals surface area contributed by atoms with Crippen LogP contribution in [-0.4, -0.2) is 10.2 Å². The van der Waals surface area contributed by atoms with Crippen LogP contribution in [0.2, 0.25) is 0 Å². The molecule has 3 rings (SSSR count). The van der Waals surface area contributed by atoms with Gasteiger partial charge in [0.25, 0.3) is 0 Å². The highest BCUT2D eigenvalue weighted by atomic mass is 79.9. The van der Waals surface area contributed by atoms with E-state index in [1.54, 1.807) is 0 Å². The van der Waals surface area contributed by atoms with E-state index < -0.39 is 0 Å². The molecule has 2 aromatic carbocycles. The molecule has 0 atom stereocenters. The van der Waals surface area contributed by atoms with Gasteiger partial charge in [-0.2, -0.15) is 0 Å². The van der Waals surface area contributed by atoms with Gasteiger partial charge in [0.1, 0.15) is 11.5 Å². The van der Waals surface area contributed by atoms with E-state index >= 15 is 0 Å². The van der Waals surface area contributed by atoms with Gasteiger partial charge in [-0.25, -0.2) is 0 Å². The van der Waals surface area contributed by atoms with E-state index in [-0.39, 0.29) is 16.9 Å². The molecular formula is C18H16Br4O2. The second kappa shape index (κ2) is 7.29. The first-order valence-corrected chi connectivity index (χ1v) is 10.9. The van der Waals surface area contributed by atoms with E-state index in [0.717, 1.165) is 25.7 Å². The lowest BCUT2D eigenvalue weighted by molar-refractivity contribution is 0.344.